The Kier molecular flexibility index (Phi) is 3.71. The minimum absolute atomic E-state index is 0.996. The van der Waals surface area contributed by atoms with Crippen LogP contribution in [0, 0.1) is 0 Å². The molecular formula is C5H8F5N. The van der Waals surface area contributed by atoms with Crippen molar-refractivity contribution < 1.29 is 22.0 Å². The second-order valence-electron chi connectivity index (χ2n) is 2.12. The lowest BCUT2D eigenvalue weighted by Crippen LogP contribution is -2.39. The van der Waals surface area contributed by atoms with Gasteiger partial charge in [-0.1, -0.05) is 0 Å². The lowest BCUT2D eigenvalue weighted by Gasteiger charge is -2.13. The Labute approximate surface area is 60.6 Å². The number of nitrogens with one attached hydrogen (secondary N) is 1. The van der Waals surface area contributed by atoms with Crippen molar-refractivity contribution in [2.24, 2.45) is 0 Å². The minimum Gasteiger partial charge on any atom is -0.301 e. The Hall–Kier alpha value is -0.390. The summed E-state index contributed by atoms with van der Waals surface area (Å²) in [6.07, 6.45) is -7.19. The smallest absolute Gasteiger partial charge is 0.301 e. The maximum absolute atomic E-state index is 11.6. The van der Waals surface area contributed by atoms with Crippen LogP contribution in [0.5, 0.6) is 0 Å². The molecule has 0 heterocycles. The van der Waals surface area contributed by atoms with E-state index in [0.717, 1.165) is 6.92 Å². The highest BCUT2D eigenvalue weighted by Crippen LogP contribution is 2.13. The number of rotatable bonds is 3. The van der Waals surface area contributed by atoms with Crippen LogP contribution in [0.3, 0.4) is 0 Å². The van der Waals surface area contributed by atoms with Crippen molar-refractivity contribution in [3.63, 3.8) is 0 Å². The Morgan fingerprint density at radius 2 is 1.73 bits per heavy atom. The van der Waals surface area contributed by atoms with Crippen LogP contribution in [-0.4, -0.2) is 25.2 Å². The molecule has 0 saturated heterocycles. The molecule has 1 unspecified atom stereocenters. The van der Waals surface area contributed by atoms with Crippen LogP contribution in [0.2, 0.25) is 0 Å². The van der Waals surface area contributed by atoms with Gasteiger partial charge < -0.3 is 5.32 Å². The summed E-state index contributed by atoms with van der Waals surface area (Å²) in [7, 11) is 0. The van der Waals surface area contributed by atoms with E-state index in [9.17, 15) is 22.0 Å². The normalized spacial score (nSPS) is 15.5. The molecule has 0 saturated carbocycles. The molecule has 1 nitrogen and oxygen atoms in total. The van der Waals surface area contributed by atoms with Crippen LogP contribution in [0.15, 0.2) is 0 Å². The highest BCUT2D eigenvalue weighted by Gasteiger charge is 2.28. The van der Waals surface area contributed by atoms with Crippen LogP contribution in [-0.2, 0) is 0 Å². The van der Waals surface area contributed by atoms with Crippen molar-refractivity contribution in [1.82, 2.24) is 5.32 Å². The van der Waals surface area contributed by atoms with E-state index in [0.29, 0.717) is 0 Å². The summed E-state index contributed by atoms with van der Waals surface area (Å²) >= 11 is 0. The zero-order chi connectivity index (χ0) is 9.07. The summed E-state index contributed by atoms with van der Waals surface area (Å²) in [5.41, 5.74) is 0. The van der Waals surface area contributed by atoms with E-state index in [1.165, 1.54) is 0 Å². The van der Waals surface area contributed by atoms with Crippen LogP contribution in [0.4, 0.5) is 22.0 Å². The van der Waals surface area contributed by atoms with Crippen LogP contribution in [0.1, 0.15) is 6.92 Å². The third kappa shape index (κ3) is 6.03. The Morgan fingerprint density at radius 1 is 1.27 bits per heavy atom. The molecule has 0 fully saturated rings. The topological polar surface area (TPSA) is 12.0 Å². The first-order chi connectivity index (χ1) is 4.83. The van der Waals surface area contributed by atoms with Crippen molar-refractivity contribution >= 4 is 0 Å². The van der Waals surface area contributed by atoms with Gasteiger partial charge in [0, 0.05) is 0 Å². The van der Waals surface area contributed by atoms with Gasteiger partial charge in [-0.25, -0.2) is 8.78 Å². The molecular weight excluding hydrogens is 169 g/mol. The molecule has 0 aliphatic heterocycles. The molecule has 68 valence electrons. The second kappa shape index (κ2) is 3.85. The summed E-state index contributed by atoms with van der Waals surface area (Å²) in [5, 5.41) is 1.65. The molecule has 0 rings (SSSR count). The van der Waals surface area contributed by atoms with E-state index in [1.54, 1.807) is 5.32 Å². The number of halogens is 5. The predicted octanol–water partition coefficient (Wildman–Crippen LogP) is 1.79. The number of alkyl halides is 5. The number of hydrogen-bond donors (Lipinski definition) is 1. The molecule has 0 aromatic carbocycles. The molecule has 0 aromatic rings. The first-order valence-corrected chi connectivity index (χ1v) is 2.91. The van der Waals surface area contributed by atoms with Gasteiger partial charge in [-0.15, -0.1) is 0 Å². The van der Waals surface area contributed by atoms with Crippen molar-refractivity contribution in [2.45, 2.75) is 25.6 Å². The summed E-state index contributed by atoms with van der Waals surface area (Å²) < 4.78 is 57.3. The molecule has 0 aliphatic carbocycles. The molecule has 0 aliphatic rings. The lowest BCUT2D eigenvalue weighted by molar-refractivity contribution is -0.127. The molecule has 0 aromatic heterocycles. The first kappa shape index (κ1) is 10.6. The fraction of sp³-hybridized carbons (Fsp3) is 1.00. The molecule has 0 radical (unpaired) electrons. The lowest BCUT2D eigenvalue weighted by atomic mass is 10.3. The Balaban J connectivity index is 3.54. The SMILES string of the molecule is CC(NCC(F)(F)F)C(F)F. The maximum Gasteiger partial charge on any atom is 0.401 e. The first-order valence-electron chi connectivity index (χ1n) is 2.91. The largest absolute Gasteiger partial charge is 0.401 e. The molecule has 11 heavy (non-hydrogen) atoms. The van der Waals surface area contributed by atoms with Crippen molar-refractivity contribution in [3.05, 3.63) is 0 Å². The standard InChI is InChI=1S/C5H8F5N/c1-3(4(6)7)11-2-5(8,9)10/h3-4,11H,2H2,1H3. The molecule has 1 N–H and O–H groups in total. The summed E-state index contributed by atoms with van der Waals surface area (Å²) in [5.74, 6) is 0. The summed E-state index contributed by atoms with van der Waals surface area (Å²) in [6.45, 7) is -0.380. The molecule has 0 bridgehead atoms. The van der Waals surface area contributed by atoms with E-state index in [4.69, 9.17) is 0 Å². The Morgan fingerprint density at radius 3 is 2.00 bits per heavy atom. The summed E-state index contributed by atoms with van der Waals surface area (Å²) in [4.78, 5) is 0. The monoisotopic (exact) mass is 177 g/mol. The van der Waals surface area contributed by atoms with Crippen molar-refractivity contribution in [3.8, 4) is 0 Å². The molecule has 6 heteroatoms. The molecule has 0 amide bonds. The third-order valence-electron chi connectivity index (χ3n) is 1.00. The van der Waals surface area contributed by atoms with Crippen molar-refractivity contribution in [1.29, 1.82) is 0 Å². The predicted molar refractivity (Wildman–Crippen MR) is 29.5 cm³/mol. The van der Waals surface area contributed by atoms with E-state index in [2.05, 4.69) is 0 Å². The van der Waals surface area contributed by atoms with Gasteiger partial charge in [0.2, 0.25) is 0 Å². The van der Waals surface area contributed by atoms with E-state index >= 15 is 0 Å². The fourth-order valence-electron chi connectivity index (χ4n) is 0.366. The minimum atomic E-state index is -4.43. The van der Waals surface area contributed by atoms with Gasteiger partial charge in [-0.05, 0) is 6.92 Å². The molecule has 1 atom stereocenters. The van der Waals surface area contributed by atoms with Gasteiger partial charge in [0.15, 0.2) is 0 Å². The highest BCUT2D eigenvalue weighted by molar-refractivity contribution is 4.65. The van der Waals surface area contributed by atoms with Gasteiger partial charge in [-0.2, -0.15) is 13.2 Å². The van der Waals surface area contributed by atoms with E-state index in [1.807, 2.05) is 0 Å². The van der Waals surface area contributed by atoms with Crippen LogP contribution < -0.4 is 5.32 Å². The van der Waals surface area contributed by atoms with Gasteiger partial charge in [0.05, 0.1) is 12.6 Å². The number of hydrogen-bond acceptors (Lipinski definition) is 1. The van der Waals surface area contributed by atoms with Crippen LogP contribution in [0.25, 0.3) is 0 Å². The second-order valence-corrected chi connectivity index (χ2v) is 2.12. The quantitative estimate of drug-likeness (QED) is 0.648. The molecule has 0 spiro atoms. The zero-order valence-corrected chi connectivity index (χ0v) is 5.75. The zero-order valence-electron chi connectivity index (χ0n) is 5.75. The van der Waals surface area contributed by atoms with Crippen molar-refractivity contribution in [2.75, 3.05) is 6.54 Å². The third-order valence-corrected chi connectivity index (χ3v) is 1.00. The highest BCUT2D eigenvalue weighted by atomic mass is 19.4. The van der Waals surface area contributed by atoms with Gasteiger partial charge in [-0.3, -0.25) is 0 Å². The summed E-state index contributed by atoms with van der Waals surface area (Å²) in [6, 6.07) is -1.42. The van der Waals surface area contributed by atoms with E-state index in [-0.39, 0.29) is 0 Å². The van der Waals surface area contributed by atoms with E-state index < -0.39 is 25.2 Å². The Bertz CT molecular complexity index is 110. The average molecular weight is 177 g/mol. The fourth-order valence-corrected chi connectivity index (χ4v) is 0.366. The average Bonchev–Trinajstić information content (AvgIpc) is 1.80. The van der Waals surface area contributed by atoms with Crippen LogP contribution >= 0.6 is 0 Å². The van der Waals surface area contributed by atoms with Gasteiger partial charge in [0.1, 0.15) is 0 Å². The van der Waals surface area contributed by atoms with Gasteiger partial charge in [0.25, 0.3) is 6.43 Å². The maximum atomic E-state index is 11.6. The van der Waals surface area contributed by atoms with Gasteiger partial charge >= 0.3 is 6.18 Å².